The summed E-state index contributed by atoms with van der Waals surface area (Å²) in [6.07, 6.45) is 13.3. The quantitative estimate of drug-likeness (QED) is 0.522. The van der Waals surface area contributed by atoms with Crippen LogP contribution in [0.1, 0.15) is 57.8 Å². The standard InChI is InChI=1S/C13H21IO/c14-10-11-4-3-7-13(15-11)9-8-12(13)5-1-2-6-12/h11H,1-10H2. The van der Waals surface area contributed by atoms with Crippen LogP contribution >= 0.6 is 22.6 Å². The molecule has 0 aromatic carbocycles. The first kappa shape index (κ1) is 10.8. The Hall–Kier alpha value is 0.690. The summed E-state index contributed by atoms with van der Waals surface area (Å²) in [6, 6.07) is 0. The predicted molar refractivity (Wildman–Crippen MR) is 70.5 cm³/mol. The minimum atomic E-state index is 0.345. The molecular formula is C13H21IO. The van der Waals surface area contributed by atoms with Crippen LogP contribution in [0.15, 0.2) is 0 Å². The molecular weight excluding hydrogens is 299 g/mol. The zero-order chi connectivity index (χ0) is 10.4. The Kier molecular flexibility index (Phi) is 2.79. The molecule has 86 valence electrons. The van der Waals surface area contributed by atoms with E-state index in [9.17, 15) is 0 Å². The van der Waals surface area contributed by atoms with Crippen LogP contribution in [-0.4, -0.2) is 16.1 Å². The molecule has 2 unspecified atom stereocenters. The van der Waals surface area contributed by atoms with Gasteiger partial charge in [0.25, 0.3) is 0 Å². The van der Waals surface area contributed by atoms with Gasteiger partial charge in [0.05, 0.1) is 11.7 Å². The highest BCUT2D eigenvalue weighted by molar-refractivity contribution is 14.1. The van der Waals surface area contributed by atoms with Crippen molar-refractivity contribution in [3.8, 4) is 0 Å². The Bertz CT molecular complexity index is 247. The number of halogens is 1. The summed E-state index contributed by atoms with van der Waals surface area (Å²) in [5, 5.41) is 0. The Morgan fingerprint density at radius 1 is 1.00 bits per heavy atom. The zero-order valence-corrected chi connectivity index (χ0v) is 11.6. The highest BCUT2D eigenvalue weighted by Crippen LogP contribution is 2.64. The van der Waals surface area contributed by atoms with Crippen LogP contribution in [0.25, 0.3) is 0 Å². The first-order chi connectivity index (χ1) is 7.30. The number of fused-ring (bicyclic) bond motifs is 1. The van der Waals surface area contributed by atoms with Crippen LogP contribution < -0.4 is 0 Å². The molecule has 0 bridgehead atoms. The van der Waals surface area contributed by atoms with Crippen molar-refractivity contribution in [2.45, 2.75) is 69.5 Å². The average Bonchev–Trinajstić information content (AvgIpc) is 2.79. The minimum absolute atomic E-state index is 0.345. The molecule has 1 saturated heterocycles. The smallest absolute Gasteiger partial charge is 0.0742 e. The SMILES string of the molecule is ICC1CCCC2(CCC23CCCC3)O1. The second-order valence-electron chi connectivity index (χ2n) is 5.77. The summed E-state index contributed by atoms with van der Waals surface area (Å²) >= 11 is 2.49. The fourth-order valence-corrected chi connectivity index (χ4v) is 4.87. The molecule has 0 amide bonds. The summed E-state index contributed by atoms with van der Waals surface area (Å²) in [7, 11) is 0. The van der Waals surface area contributed by atoms with Gasteiger partial charge in [0, 0.05) is 4.43 Å². The summed E-state index contributed by atoms with van der Waals surface area (Å²) < 4.78 is 7.68. The topological polar surface area (TPSA) is 9.23 Å². The first-order valence-electron chi connectivity index (χ1n) is 6.54. The predicted octanol–water partition coefficient (Wildman–Crippen LogP) is 4.08. The van der Waals surface area contributed by atoms with E-state index in [0.29, 0.717) is 17.1 Å². The second kappa shape index (κ2) is 3.86. The van der Waals surface area contributed by atoms with Crippen LogP contribution in [-0.2, 0) is 4.74 Å². The van der Waals surface area contributed by atoms with Crippen molar-refractivity contribution in [2.24, 2.45) is 5.41 Å². The summed E-state index contributed by atoms with van der Waals surface area (Å²) in [6.45, 7) is 0. The normalized spacial score (nSPS) is 43.4. The average molecular weight is 320 g/mol. The van der Waals surface area contributed by atoms with E-state index in [-0.39, 0.29) is 0 Å². The van der Waals surface area contributed by atoms with E-state index in [4.69, 9.17) is 4.74 Å². The highest BCUT2D eigenvalue weighted by Gasteiger charge is 2.61. The van der Waals surface area contributed by atoms with Gasteiger partial charge in [-0.1, -0.05) is 35.4 Å². The molecule has 1 nitrogen and oxygen atoms in total. The first-order valence-corrected chi connectivity index (χ1v) is 8.07. The lowest BCUT2D eigenvalue weighted by atomic mass is 9.53. The molecule has 15 heavy (non-hydrogen) atoms. The third-order valence-electron chi connectivity index (χ3n) is 5.21. The third kappa shape index (κ3) is 1.50. The van der Waals surface area contributed by atoms with Crippen LogP contribution in [0.3, 0.4) is 0 Å². The maximum atomic E-state index is 6.49. The molecule has 2 atom stereocenters. The van der Waals surface area contributed by atoms with Gasteiger partial charge in [-0.15, -0.1) is 0 Å². The second-order valence-corrected chi connectivity index (χ2v) is 6.65. The lowest BCUT2D eigenvalue weighted by Gasteiger charge is -2.61. The molecule has 3 fully saturated rings. The van der Waals surface area contributed by atoms with Gasteiger partial charge in [0.15, 0.2) is 0 Å². The van der Waals surface area contributed by atoms with Gasteiger partial charge in [-0.05, 0) is 50.4 Å². The third-order valence-corrected chi connectivity index (χ3v) is 6.19. The molecule has 0 aromatic rings. The number of ether oxygens (including phenoxy) is 1. The molecule has 3 rings (SSSR count). The van der Waals surface area contributed by atoms with Gasteiger partial charge < -0.3 is 4.74 Å². The van der Waals surface area contributed by atoms with Crippen LogP contribution in [0.5, 0.6) is 0 Å². The summed E-state index contributed by atoms with van der Waals surface area (Å²) in [5.74, 6) is 0. The number of hydrogen-bond donors (Lipinski definition) is 0. The molecule has 2 spiro atoms. The number of hydrogen-bond acceptors (Lipinski definition) is 1. The van der Waals surface area contributed by atoms with Gasteiger partial charge in [-0.3, -0.25) is 0 Å². The van der Waals surface area contributed by atoms with Crippen LogP contribution in [0, 0.1) is 5.41 Å². The molecule has 2 heteroatoms. The van der Waals surface area contributed by atoms with E-state index >= 15 is 0 Å². The lowest BCUT2D eigenvalue weighted by Crippen LogP contribution is -2.60. The number of alkyl halides is 1. The molecule has 0 aromatic heterocycles. The summed E-state index contributed by atoms with van der Waals surface area (Å²) in [4.78, 5) is 0. The van der Waals surface area contributed by atoms with Crippen LogP contribution in [0.2, 0.25) is 0 Å². The molecule has 1 aliphatic heterocycles. The van der Waals surface area contributed by atoms with E-state index in [2.05, 4.69) is 22.6 Å². The monoisotopic (exact) mass is 320 g/mol. The molecule has 2 saturated carbocycles. The zero-order valence-electron chi connectivity index (χ0n) is 9.43. The number of rotatable bonds is 1. The van der Waals surface area contributed by atoms with Crippen molar-refractivity contribution in [1.82, 2.24) is 0 Å². The van der Waals surface area contributed by atoms with E-state index in [0.717, 1.165) is 0 Å². The molecule has 2 aliphatic carbocycles. The van der Waals surface area contributed by atoms with Gasteiger partial charge in [0.2, 0.25) is 0 Å². The van der Waals surface area contributed by atoms with Crippen molar-refractivity contribution in [3.63, 3.8) is 0 Å². The van der Waals surface area contributed by atoms with Crippen molar-refractivity contribution < 1.29 is 4.74 Å². The minimum Gasteiger partial charge on any atom is -0.370 e. The molecule has 0 N–H and O–H groups in total. The maximum Gasteiger partial charge on any atom is 0.0742 e. The fraction of sp³-hybridized carbons (Fsp3) is 1.00. The Labute approximate surface area is 106 Å². The van der Waals surface area contributed by atoms with Gasteiger partial charge >= 0.3 is 0 Å². The van der Waals surface area contributed by atoms with Crippen molar-refractivity contribution >= 4 is 22.6 Å². The van der Waals surface area contributed by atoms with E-state index < -0.39 is 0 Å². The van der Waals surface area contributed by atoms with Crippen LogP contribution in [0.4, 0.5) is 0 Å². The van der Waals surface area contributed by atoms with Crippen molar-refractivity contribution in [3.05, 3.63) is 0 Å². The molecule has 3 aliphatic rings. The molecule has 0 radical (unpaired) electrons. The van der Waals surface area contributed by atoms with E-state index in [1.807, 2.05) is 0 Å². The van der Waals surface area contributed by atoms with Gasteiger partial charge in [-0.2, -0.15) is 0 Å². The largest absolute Gasteiger partial charge is 0.370 e. The van der Waals surface area contributed by atoms with E-state index in [1.165, 1.54) is 62.2 Å². The Balaban J connectivity index is 1.78. The summed E-state index contributed by atoms with van der Waals surface area (Å²) in [5.41, 5.74) is 0.981. The lowest BCUT2D eigenvalue weighted by molar-refractivity contribution is -0.243. The van der Waals surface area contributed by atoms with Gasteiger partial charge in [0.1, 0.15) is 0 Å². The Morgan fingerprint density at radius 3 is 2.40 bits per heavy atom. The maximum absolute atomic E-state index is 6.49. The van der Waals surface area contributed by atoms with Gasteiger partial charge in [-0.25, -0.2) is 0 Å². The Morgan fingerprint density at radius 2 is 1.80 bits per heavy atom. The molecule has 1 heterocycles. The fourth-order valence-electron chi connectivity index (χ4n) is 4.25. The van der Waals surface area contributed by atoms with Crippen molar-refractivity contribution in [2.75, 3.05) is 4.43 Å². The van der Waals surface area contributed by atoms with E-state index in [1.54, 1.807) is 0 Å². The highest BCUT2D eigenvalue weighted by atomic mass is 127. The van der Waals surface area contributed by atoms with Crippen molar-refractivity contribution in [1.29, 1.82) is 0 Å².